The summed E-state index contributed by atoms with van der Waals surface area (Å²) in [6.07, 6.45) is -0.758. The molecule has 0 fully saturated rings. The largest absolute Gasteiger partial charge is 0.488 e. The molecule has 1 rings (SSSR count). The smallest absolute Gasteiger partial charge is 0.200 e. The van der Waals surface area contributed by atoms with E-state index in [1.54, 1.807) is 0 Å². The minimum absolute atomic E-state index is 0.0779. The number of halogens is 2. The van der Waals surface area contributed by atoms with Crippen LogP contribution in [0.2, 0.25) is 0 Å². The summed E-state index contributed by atoms with van der Waals surface area (Å²) in [5, 5.41) is 12.6. The van der Waals surface area contributed by atoms with Crippen LogP contribution in [0.5, 0.6) is 5.75 Å². The highest BCUT2D eigenvalue weighted by atomic mass is 19.2. The second-order valence-corrected chi connectivity index (χ2v) is 4.57. The summed E-state index contributed by atoms with van der Waals surface area (Å²) in [5.41, 5.74) is 0. The lowest BCUT2D eigenvalue weighted by Crippen LogP contribution is -2.33. The van der Waals surface area contributed by atoms with Crippen molar-refractivity contribution in [1.29, 1.82) is 0 Å². The van der Waals surface area contributed by atoms with Gasteiger partial charge in [0.2, 0.25) is 5.82 Å². The van der Waals surface area contributed by atoms with Crippen molar-refractivity contribution in [3.05, 3.63) is 29.8 Å². The van der Waals surface area contributed by atoms with Gasteiger partial charge < -0.3 is 15.2 Å². The second kappa shape index (κ2) is 7.28. The summed E-state index contributed by atoms with van der Waals surface area (Å²) >= 11 is 0. The molecule has 0 amide bonds. The fourth-order valence-electron chi connectivity index (χ4n) is 1.38. The number of benzene rings is 1. The molecule has 0 aliphatic rings. The van der Waals surface area contributed by atoms with Crippen LogP contribution in [0, 0.1) is 17.6 Å². The predicted octanol–water partition coefficient (Wildman–Crippen LogP) is 1.95. The van der Waals surface area contributed by atoms with Crippen LogP contribution in [-0.2, 0) is 0 Å². The Balaban J connectivity index is 2.33. The third kappa shape index (κ3) is 4.98. The molecule has 0 aliphatic heterocycles. The zero-order chi connectivity index (χ0) is 13.5. The highest BCUT2D eigenvalue weighted by Crippen LogP contribution is 2.19. The molecule has 18 heavy (non-hydrogen) atoms. The molecule has 1 unspecified atom stereocenters. The first-order chi connectivity index (χ1) is 8.50. The van der Waals surface area contributed by atoms with E-state index >= 15 is 0 Å². The lowest BCUT2D eigenvalue weighted by atomic mass is 10.2. The number of hydrogen-bond donors (Lipinski definition) is 2. The third-order valence-electron chi connectivity index (χ3n) is 2.28. The number of nitrogens with one attached hydrogen (secondary N) is 1. The van der Waals surface area contributed by atoms with Gasteiger partial charge in [-0.15, -0.1) is 0 Å². The molecule has 1 aromatic rings. The lowest BCUT2D eigenvalue weighted by molar-refractivity contribution is 0.103. The van der Waals surface area contributed by atoms with Gasteiger partial charge in [0.05, 0.1) is 0 Å². The van der Waals surface area contributed by atoms with Crippen molar-refractivity contribution in [3.63, 3.8) is 0 Å². The summed E-state index contributed by atoms with van der Waals surface area (Å²) in [4.78, 5) is 0. The van der Waals surface area contributed by atoms with Crippen molar-refractivity contribution in [3.8, 4) is 5.75 Å². The maximum Gasteiger partial charge on any atom is 0.200 e. The Morgan fingerprint density at radius 3 is 2.67 bits per heavy atom. The van der Waals surface area contributed by atoms with Gasteiger partial charge in [0.1, 0.15) is 12.7 Å². The maximum atomic E-state index is 13.2. The average Bonchev–Trinajstić information content (AvgIpc) is 2.30. The Labute approximate surface area is 106 Å². The fourth-order valence-corrected chi connectivity index (χ4v) is 1.38. The van der Waals surface area contributed by atoms with Crippen LogP contribution < -0.4 is 10.1 Å². The fraction of sp³-hybridized carbons (Fsp3) is 0.538. The molecule has 0 radical (unpaired) electrons. The van der Waals surface area contributed by atoms with Gasteiger partial charge in [-0.25, -0.2) is 4.39 Å². The van der Waals surface area contributed by atoms with Crippen LogP contribution >= 0.6 is 0 Å². The summed E-state index contributed by atoms with van der Waals surface area (Å²) in [7, 11) is 0. The Bertz CT molecular complexity index is 372. The molecule has 0 aromatic heterocycles. The maximum absolute atomic E-state index is 13.2. The topological polar surface area (TPSA) is 41.5 Å². The van der Waals surface area contributed by atoms with E-state index in [0.29, 0.717) is 12.5 Å². The van der Waals surface area contributed by atoms with Crippen LogP contribution in [0.25, 0.3) is 0 Å². The van der Waals surface area contributed by atoms with Crippen molar-refractivity contribution in [2.24, 2.45) is 5.92 Å². The Kier molecular flexibility index (Phi) is 6.01. The van der Waals surface area contributed by atoms with Crippen molar-refractivity contribution in [2.75, 3.05) is 19.7 Å². The zero-order valence-electron chi connectivity index (χ0n) is 10.6. The van der Waals surface area contributed by atoms with E-state index in [0.717, 1.165) is 12.6 Å². The minimum Gasteiger partial charge on any atom is -0.488 e. The van der Waals surface area contributed by atoms with Crippen molar-refractivity contribution in [1.82, 2.24) is 5.32 Å². The van der Waals surface area contributed by atoms with Gasteiger partial charge in [0.15, 0.2) is 11.6 Å². The summed E-state index contributed by atoms with van der Waals surface area (Å²) in [6, 6.07) is 3.70. The molecule has 3 nitrogen and oxygen atoms in total. The molecule has 1 aromatic carbocycles. The number of rotatable bonds is 7. The number of aliphatic hydroxyl groups is 1. The van der Waals surface area contributed by atoms with Crippen LogP contribution in [0.1, 0.15) is 13.8 Å². The van der Waals surface area contributed by atoms with E-state index < -0.39 is 17.7 Å². The van der Waals surface area contributed by atoms with Gasteiger partial charge in [-0.05, 0) is 24.6 Å². The van der Waals surface area contributed by atoms with Crippen molar-refractivity contribution >= 4 is 0 Å². The van der Waals surface area contributed by atoms with Gasteiger partial charge in [0, 0.05) is 6.54 Å². The first-order valence-electron chi connectivity index (χ1n) is 5.96. The molecular formula is C13H19F2NO2. The van der Waals surface area contributed by atoms with E-state index in [4.69, 9.17) is 4.74 Å². The average molecular weight is 259 g/mol. The van der Waals surface area contributed by atoms with Crippen molar-refractivity contribution in [2.45, 2.75) is 20.0 Å². The van der Waals surface area contributed by atoms with Gasteiger partial charge in [-0.2, -0.15) is 4.39 Å². The molecule has 102 valence electrons. The van der Waals surface area contributed by atoms with E-state index in [1.165, 1.54) is 12.1 Å². The van der Waals surface area contributed by atoms with Crippen LogP contribution in [0.3, 0.4) is 0 Å². The van der Waals surface area contributed by atoms with E-state index in [2.05, 4.69) is 19.2 Å². The molecule has 5 heteroatoms. The quantitative estimate of drug-likeness (QED) is 0.786. The van der Waals surface area contributed by atoms with Crippen molar-refractivity contribution < 1.29 is 18.6 Å². The Hall–Kier alpha value is -1.20. The SMILES string of the molecule is CC(C)CNCC(O)COc1cccc(F)c1F. The Morgan fingerprint density at radius 2 is 2.00 bits per heavy atom. The first-order valence-corrected chi connectivity index (χ1v) is 5.96. The first kappa shape index (κ1) is 14.9. The highest BCUT2D eigenvalue weighted by molar-refractivity contribution is 5.25. The molecule has 1 atom stereocenters. The summed E-state index contributed by atoms with van der Waals surface area (Å²) < 4.78 is 31.1. The van der Waals surface area contributed by atoms with Gasteiger partial charge in [-0.3, -0.25) is 0 Å². The minimum atomic E-state index is -1.03. The second-order valence-electron chi connectivity index (χ2n) is 4.57. The van der Waals surface area contributed by atoms with E-state index in [1.807, 2.05) is 0 Å². The lowest BCUT2D eigenvalue weighted by Gasteiger charge is -2.14. The monoisotopic (exact) mass is 259 g/mol. The molecule has 2 N–H and O–H groups in total. The number of ether oxygens (including phenoxy) is 1. The van der Waals surface area contributed by atoms with Gasteiger partial charge in [0.25, 0.3) is 0 Å². The number of hydrogen-bond acceptors (Lipinski definition) is 3. The standard InChI is InChI=1S/C13H19F2NO2/c1-9(2)6-16-7-10(17)8-18-12-5-3-4-11(14)13(12)15/h3-5,9-10,16-17H,6-8H2,1-2H3. The molecule has 0 saturated carbocycles. The third-order valence-corrected chi connectivity index (χ3v) is 2.28. The normalized spacial score (nSPS) is 12.8. The molecule has 0 heterocycles. The van der Waals surface area contributed by atoms with Crippen LogP contribution in [0.4, 0.5) is 8.78 Å². The predicted molar refractivity (Wildman–Crippen MR) is 65.6 cm³/mol. The van der Waals surface area contributed by atoms with Crippen LogP contribution in [0.15, 0.2) is 18.2 Å². The number of aliphatic hydroxyl groups excluding tert-OH is 1. The van der Waals surface area contributed by atoms with Crippen LogP contribution in [-0.4, -0.2) is 30.9 Å². The zero-order valence-corrected chi connectivity index (χ0v) is 10.6. The van der Waals surface area contributed by atoms with E-state index in [9.17, 15) is 13.9 Å². The molecule has 0 spiro atoms. The Morgan fingerprint density at radius 1 is 1.28 bits per heavy atom. The molecule has 0 saturated heterocycles. The molecular weight excluding hydrogens is 240 g/mol. The molecule has 0 aliphatic carbocycles. The van der Waals surface area contributed by atoms with Gasteiger partial charge >= 0.3 is 0 Å². The summed E-state index contributed by atoms with van der Waals surface area (Å²) in [5.74, 6) is -1.68. The van der Waals surface area contributed by atoms with E-state index in [-0.39, 0.29) is 12.4 Å². The summed E-state index contributed by atoms with van der Waals surface area (Å²) in [6.45, 7) is 5.17. The molecule has 0 bridgehead atoms. The highest BCUT2D eigenvalue weighted by Gasteiger charge is 2.11. The van der Waals surface area contributed by atoms with Gasteiger partial charge in [-0.1, -0.05) is 19.9 Å².